The highest BCUT2D eigenvalue weighted by Crippen LogP contribution is 2.32. The zero-order valence-electron chi connectivity index (χ0n) is 14.8. The number of hydrogen-bond acceptors (Lipinski definition) is 9. The molecule has 0 aliphatic heterocycles. The van der Waals surface area contributed by atoms with Crippen LogP contribution in [0, 0.1) is 6.92 Å². The number of rotatable bonds is 6. The van der Waals surface area contributed by atoms with Crippen LogP contribution >= 0.6 is 11.6 Å². The van der Waals surface area contributed by atoms with Gasteiger partial charge in [-0.2, -0.15) is 8.42 Å². The molecule has 0 fully saturated rings. The van der Waals surface area contributed by atoms with E-state index in [1.165, 1.54) is 31.4 Å². The summed E-state index contributed by atoms with van der Waals surface area (Å²) < 4.78 is 40.4. The molecule has 2 rings (SSSR count). The summed E-state index contributed by atoms with van der Waals surface area (Å²) in [5.74, 6) is -1.60. The van der Waals surface area contributed by atoms with Crippen molar-refractivity contribution in [2.24, 2.45) is 0 Å². The first-order valence-electron chi connectivity index (χ1n) is 7.45. The lowest BCUT2D eigenvalue weighted by Crippen LogP contribution is -2.37. The Balaban J connectivity index is 2.22. The SMILES string of the molecule is COC(=O)c1cccc(OC)c1OS(=O)(=O)NC(=O)Nc1nc(C)cc(Cl)n1. The second-order valence-corrected chi connectivity index (χ2v) is 6.74. The van der Waals surface area contributed by atoms with E-state index in [0.717, 1.165) is 7.11 Å². The fraction of sp³-hybridized carbons (Fsp3) is 0.200. The Bertz CT molecular complexity index is 993. The number of ether oxygens (including phenoxy) is 2. The number of benzene rings is 1. The summed E-state index contributed by atoms with van der Waals surface area (Å²) in [4.78, 5) is 31.4. The van der Waals surface area contributed by atoms with Gasteiger partial charge in [0.15, 0.2) is 5.75 Å². The summed E-state index contributed by atoms with van der Waals surface area (Å²) >= 11 is 5.74. The van der Waals surface area contributed by atoms with Crippen molar-refractivity contribution in [1.82, 2.24) is 14.7 Å². The lowest BCUT2D eigenvalue weighted by atomic mass is 10.2. The Hall–Kier alpha value is -3.12. The van der Waals surface area contributed by atoms with Crippen molar-refractivity contribution in [3.8, 4) is 11.5 Å². The van der Waals surface area contributed by atoms with Crippen LogP contribution in [0.15, 0.2) is 24.3 Å². The van der Waals surface area contributed by atoms with Crippen molar-refractivity contribution in [1.29, 1.82) is 0 Å². The molecule has 0 saturated carbocycles. The van der Waals surface area contributed by atoms with E-state index in [2.05, 4.69) is 20.0 Å². The predicted octanol–water partition coefficient (Wildman–Crippen LogP) is 1.68. The van der Waals surface area contributed by atoms with Gasteiger partial charge in [-0.25, -0.2) is 24.3 Å². The van der Waals surface area contributed by atoms with Gasteiger partial charge in [-0.1, -0.05) is 17.7 Å². The molecule has 1 aromatic carbocycles. The molecule has 1 heterocycles. The van der Waals surface area contributed by atoms with E-state index in [4.69, 9.17) is 20.5 Å². The van der Waals surface area contributed by atoms with Gasteiger partial charge in [-0.05, 0) is 25.1 Å². The van der Waals surface area contributed by atoms with E-state index >= 15 is 0 Å². The van der Waals surface area contributed by atoms with Crippen molar-refractivity contribution in [3.05, 3.63) is 40.7 Å². The summed E-state index contributed by atoms with van der Waals surface area (Å²) in [6.45, 7) is 1.60. The Labute approximate surface area is 165 Å². The van der Waals surface area contributed by atoms with E-state index < -0.39 is 28.1 Å². The molecule has 13 heteroatoms. The van der Waals surface area contributed by atoms with E-state index in [1.54, 1.807) is 11.6 Å². The quantitative estimate of drug-likeness (QED) is 0.516. The molecule has 0 atom stereocenters. The van der Waals surface area contributed by atoms with Crippen molar-refractivity contribution in [3.63, 3.8) is 0 Å². The Morgan fingerprint density at radius 2 is 1.89 bits per heavy atom. The Kier molecular flexibility index (Phi) is 6.59. The first-order chi connectivity index (χ1) is 13.1. The zero-order chi connectivity index (χ0) is 20.9. The summed E-state index contributed by atoms with van der Waals surface area (Å²) in [5, 5.41) is 2.16. The van der Waals surface area contributed by atoms with Crippen LogP contribution in [0.2, 0.25) is 5.15 Å². The van der Waals surface area contributed by atoms with Gasteiger partial charge in [0.1, 0.15) is 10.7 Å². The molecule has 0 spiro atoms. The monoisotopic (exact) mass is 430 g/mol. The van der Waals surface area contributed by atoms with E-state index in [1.807, 2.05) is 0 Å². The highest BCUT2D eigenvalue weighted by Gasteiger charge is 2.25. The number of amides is 2. The first kappa shape index (κ1) is 21.2. The molecule has 2 N–H and O–H groups in total. The lowest BCUT2D eigenvalue weighted by molar-refractivity contribution is 0.0598. The number of halogens is 1. The number of nitrogens with zero attached hydrogens (tertiary/aromatic N) is 2. The average molecular weight is 431 g/mol. The van der Waals surface area contributed by atoms with Crippen molar-refractivity contribution < 1.29 is 31.7 Å². The number of aryl methyl sites for hydroxylation is 1. The third kappa shape index (κ3) is 5.44. The molecule has 0 bridgehead atoms. The molecule has 1 aromatic heterocycles. The number of anilines is 1. The fourth-order valence-electron chi connectivity index (χ4n) is 1.99. The Morgan fingerprint density at radius 1 is 1.18 bits per heavy atom. The number of para-hydroxylation sites is 1. The average Bonchev–Trinajstić information content (AvgIpc) is 2.59. The zero-order valence-corrected chi connectivity index (χ0v) is 16.4. The third-order valence-corrected chi connectivity index (χ3v) is 4.08. The predicted molar refractivity (Wildman–Crippen MR) is 97.8 cm³/mol. The maximum absolute atomic E-state index is 12.2. The highest BCUT2D eigenvalue weighted by molar-refractivity contribution is 7.85. The molecule has 150 valence electrons. The number of carbonyl (C=O) groups is 2. The highest BCUT2D eigenvalue weighted by atomic mass is 35.5. The smallest absolute Gasteiger partial charge is 0.411 e. The van der Waals surface area contributed by atoms with Crippen molar-refractivity contribution in [2.45, 2.75) is 6.92 Å². The molecular formula is C15H15ClN4O7S. The van der Waals surface area contributed by atoms with Crippen LogP contribution in [-0.2, 0) is 15.0 Å². The number of aromatic nitrogens is 2. The molecule has 0 aliphatic rings. The summed E-state index contributed by atoms with van der Waals surface area (Å²) in [6, 6.07) is 4.29. The molecular weight excluding hydrogens is 416 g/mol. The minimum absolute atomic E-state index is 0.0543. The van der Waals surface area contributed by atoms with Crippen LogP contribution in [0.25, 0.3) is 0 Å². The molecule has 0 saturated heterocycles. The van der Waals surface area contributed by atoms with Crippen LogP contribution in [0.4, 0.5) is 10.7 Å². The third-order valence-electron chi connectivity index (χ3n) is 3.06. The normalized spacial score (nSPS) is 10.7. The number of carbonyl (C=O) groups excluding carboxylic acids is 2. The Morgan fingerprint density at radius 3 is 2.50 bits per heavy atom. The van der Waals surface area contributed by atoms with Gasteiger partial charge in [0, 0.05) is 5.69 Å². The molecule has 0 aliphatic carbocycles. The van der Waals surface area contributed by atoms with Crippen LogP contribution in [0.5, 0.6) is 11.5 Å². The molecule has 11 nitrogen and oxygen atoms in total. The van der Waals surface area contributed by atoms with E-state index in [-0.39, 0.29) is 22.4 Å². The van der Waals surface area contributed by atoms with Gasteiger partial charge in [-0.15, -0.1) is 0 Å². The van der Waals surface area contributed by atoms with E-state index in [0.29, 0.717) is 5.69 Å². The maximum Gasteiger partial charge on any atom is 0.411 e. The largest absolute Gasteiger partial charge is 0.493 e. The fourth-order valence-corrected chi connectivity index (χ4v) is 2.94. The van der Waals surface area contributed by atoms with Gasteiger partial charge in [0.2, 0.25) is 11.7 Å². The maximum atomic E-state index is 12.2. The number of urea groups is 1. The second kappa shape index (κ2) is 8.71. The van der Waals surface area contributed by atoms with Crippen LogP contribution in [-0.4, -0.2) is 44.6 Å². The summed E-state index contributed by atoms with van der Waals surface area (Å²) in [6.07, 6.45) is 0. The molecule has 28 heavy (non-hydrogen) atoms. The number of hydrogen-bond donors (Lipinski definition) is 2. The van der Waals surface area contributed by atoms with Crippen molar-refractivity contribution >= 4 is 39.9 Å². The van der Waals surface area contributed by atoms with Gasteiger partial charge in [-0.3, -0.25) is 5.32 Å². The minimum Gasteiger partial charge on any atom is -0.493 e. The molecule has 0 radical (unpaired) electrons. The minimum atomic E-state index is -4.71. The molecule has 2 aromatic rings. The van der Waals surface area contributed by atoms with Gasteiger partial charge < -0.3 is 13.7 Å². The molecule has 2 amide bonds. The summed E-state index contributed by atoms with van der Waals surface area (Å²) in [5.41, 5.74) is 0.229. The number of nitrogens with one attached hydrogen (secondary N) is 2. The second-order valence-electron chi connectivity index (χ2n) is 5.08. The van der Waals surface area contributed by atoms with Gasteiger partial charge >= 0.3 is 22.3 Å². The number of methoxy groups -OCH3 is 2. The standard InChI is InChI=1S/C15H15ClN4O7S/c1-8-7-11(16)18-14(17-8)19-15(22)20-28(23,24)27-12-9(13(21)26-3)5-4-6-10(12)25-2/h4-7H,1-3H3,(H2,17,18,19,20,22). The molecule has 0 unspecified atom stereocenters. The number of esters is 1. The topological polar surface area (TPSA) is 146 Å². The first-order valence-corrected chi connectivity index (χ1v) is 9.23. The van der Waals surface area contributed by atoms with Gasteiger partial charge in [0.25, 0.3) is 0 Å². The van der Waals surface area contributed by atoms with Crippen LogP contribution < -0.4 is 19.0 Å². The van der Waals surface area contributed by atoms with Crippen LogP contribution in [0.3, 0.4) is 0 Å². The van der Waals surface area contributed by atoms with Gasteiger partial charge in [0.05, 0.1) is 14.2 Å². The van der Waals surface area contributed by atoms with E-state index in [9.17, 15) is 18.0 Å². The van der Waals surface area contributed by atoms with Crippen LogP contribution in [0.1, 0.15) is 16.1 Å². The lowest BCUT2D eigenvalue weighted by Gasteiger charge is -2.14. The van der Waals surface area contributed by atoms with Crippen molar-refractivity contribution in [2.75, 3.05) is 19.5 Å². The summed E-state index contributed by atoms with van der Waals surface area (Å²) in [7, 11) is -2.35.